The molecule has 2 nitrogen and oxygen atoms in total. The van der Waals surface area contributed by atoms with Crippen LogP contribution in [0.3, 0.4) is 0 Å². The Balaban J connectivity index is 2.17. The molecule has 0 radical (unpaired) electrons. The predicted molar refractivity (Wildman–Crippen MR) is 56.9 cm³/mol. The van der Waals surface area contributed by atoms with Gasteiger partial charge >= 0.3 is 0 Å². The molecule has 1 heterocycles. The number of piperazine rings is 1. The molecule has 1 fully saturated rings. The van der Waals surface area contributed by atoms with Crippen LogP contribution in [0, 0.1) is 5.92 Å². The van der Waals surface area contributed by atoms with Gasteiger partial charge in [0, 0.05) is 55.6 Å². The Morgan fingerprint density at radius 2 is 1.73 bits per heavy atom. The summed E-state index contributed by atoms with van der Waals surface area (Å²) in [4.78, 5) is 2.56. The van der Waals surface area contributed by atoms with Crippen molar-refractivity contribution in [1.82, 2.24) is 8.01 Å². The zero-order valence-corrected chi connectivity index (χ0v) is 9.54. The number of rotatable bonds is 2. The van der Waals surface area contributed by atoms with Gasteiger partial charge in [0.25, 0.3) is 0 Å². The minimum Gasteiger partial charge on any atom is -0.300 e. The average molecular weight is 268 g/mol. The molecule has 0 aliphatic carbocycles. The molecule has 0 bridgehead atoms. The maximum Gasteiger partial charge on any atom is 0.0209 e. The first kappa shape index (κ1) is 9.74. The van der Waals surface area contributed by atoms with E-state index >= 15 is 0 Å². The molecular formula is C8H17IN2. The zero-order chi connectivity index (χ0) is 8.27. The van der Waals surface area contributed by atoms with Gasteiger partial charge in [-0.1, -0.05) is 13.8 Å². The summed E-state index contributed by atoms with van der Waals surface area (Å²) in [6.07, 6.45) is 0. The highest BCUT2D eigenvalue weighted by Gasteiger charge is 2.14. The third-order valence-corrected chi connectivity index (χ3v) is 2.91. The number of hydrogen-bond donors (Lipinski definition) is 0. The molecule has 0 aromatic heterocycles. The van der Waals surface area contributed by atoms with Crippen LogP contribution in [0.15, 0.2) is 0 Å². The van der Waals surface area contributed by atoms with Crippen LogP contribution in [0.5, 0.6) is 0 Å². The van der Waals surface area contributed by atoms with E-state index in [0.717, 1.165) is 5.92 Å². The van der Waals surface area contributed by atoms with E-state index in [1.54, 1.807) is 0 Å². The van der Waals surface area contributed by atoms with Gasteiger partial charge in [0.05, 0.1) is 0 Å². The van der Waals surface area contributed by atoms with Crippen molar-refractivity contribution < 1.29 is 0 Å². The highest BCUT2D eigenvalue weighted by molar-refractivity contribution is 14.1. The molecule has 1 aliphatic rings. The minimum absolute atomic E-state index is 0.816. The Bertz CT molecular complexity index is 109. The summed E-state index contributed by atoms with van der Waals surface area (Å²) in [5, 5.41) is 0. The number of hydrogen-bond acceptors (Lipinski definition) is 2. The van der Waals surface area contributed by atoms with Gasteiger partial charge < -0.3 is 4.90 Å². The highest BCUT2D eigenvalue weighted by Crippen LogP contribution is 2.07. The summed E-state index contributed by atoms with van der Waals surface area (Å²) < 4.78 is 2.37. The van der Waals surface area contributed by atoms with E-state index < -0.39 is 0 Å². The Kier molecular flexibility index (Phi) is 4.09. The van der Waals surface area contributed by atoms with Crippen molar-refractivity contribution >= 4 is 22.9 Å². The van der Waals surface area contributed by atoms with Gasteiger partial charge in [0.1, 0.15) is 0 Å². The van der Waals surface area contributed by atoms with E-state index in [0.29, 0.717) is 0 Å². The highest BCUT2D eigenvalue weighted by atomic mass is 127. The molecule has 0 aromatic rings. The molecule has 0 spiro atoms. The van der Waals surface area contributed by atoms with Crippen LogP contribution in [0.1, 0.15) is 13.8 Å². The first-order chi connectivity index (χ1) is 5.18. The normalized spacial score (nSPS) is 22.9. The molecule has 0 N–H and O–H groups in total. The van der Waals surface area contributed by atoms with Crippen LogP contribution in [0.4, 0.5) is 0 Å². The molecule has 11 heavy (non-hydrogen) atoms. The Morgan fingerprint density at radius 3 is 2.18 bits per heavy atom. The largest absolute Gasteiger partial charge is 0.300 e. The van der Waals surface area contributed by atoms with E-state index in [1.165, 1.54) is 32.7 Å². The van der Waals surface area contributed by atoms with Gasteiger partial charge in [-0.05, 0) is 5.92 Å². The van der Waals surface area contributed by atoms with Crippen molar-refractivity contribution in [3.63, 3.8) is 0 Å². The number of halogens is 1. The van der Waals surface area contributed by atoms with Crippen LogP contribution in [0.2, 0.25) is 0 Å². The van der Waals surface area contributed by atoms with Crippen LogP contribution < -0.4 is 0 Å². The maximum atomic E-state index is 2.56. The van der Waals surface area contributed by atoms with E-state index in [2.05, 4.69) is 44.7 Å². The van der Waals surface area contributed by atoms with Crippen molar-refractivity contribution in [2.45, 2.75) is 13.8 Å². The minimum atomic E-state index is 0.816. The second-order valence-corrected chi connectivity index (χ2v) is 4.97. The molecule has 0 atom stereocenters. The Labute approximate surface area is 83.4 Å². The zero-order valence-electron chi connectivity index (χ0n) is 7.39. The fourth-order valence-corrected chi connectivity index (χ4v) is 1.85. The van der Waals surface area contributed by atoms with Crippen LogP contribution in [-0.2, 0) is 0 Å². The van der Waals surface area contributed by atoms with Crippen molar-refractivity contribution in [2.75, 3.05) is 32.7 Å². The average Bonchev–Trinajstić information content (AvgIpc) is 1.93. The van der Waals surface area contributed by atoms with Crippen molar-refractivity contribution in [3.05, 3.63) is 0 Å². The summed E-state index contributed by atoms with van der Waals surface area (Å²) in [6.45, 7) is 10.8. The summed E-state index contributed by atoms with van der Waals surface area (Å²) in [7, 11) is 0. The smallest absolute Gasteiger partial charge is 0.0209 e. The van der Waals surface area contributed by atoms with Gasteiger partial charge in [0.15, 0.2) is 0 Å². The predicted octanol–water partition coefficient (Wildman–Crippen LogP) is 1.61. The topological polar surface area (TPSA) is 6.48 Å². The second kappa shape index (κ2) is 4.62. The fraction of sp³-hybridized carbons (Fsp3) is 1.00. The van der Waals surface area contributed by atoms with Gasteiger partial charge in [0.2, 0.25) is 0 Å². The molecule has 1 aliphatic heterocycles. The van der Waals surface area contributed by atoms with Crippen LogP contribution in [0.25, 0.3) is 0 Å². The lowest BCUT2D eigenvalue weighted by Gasteiger charge is -2.32. The maximum absolute atomic E-state index is 2.56. The molecule has 0 aromatic carbocycles. The summed E-state index contributed by atoms with van der Waals surface area (Å²) in [6, 6.07) is 0. The summed E-state index contributed by atoms with van der Waals surface area (Å²) >= 11 is 2.41. The lowest BCUT2D eigenvalue weighted by atomic mass is 10.2. The third kappa shape index (κ3) is 3.71. The summed E-state index contributed by atoms with van der Waals surface area (Å²) in [5.74, 6) is 0.816. The van der Waals surface area contributed by atoms with Crippen molar-refractivity contribution in [2.24, 2.45) is 5.92 Å². The van der Waals surface area contributed by atoms with Gasteiger partial charge in [-0.3, -0.25) is 0 Å². The third-order valence-electron chi connectivity index (χ3n) is 1.94. The van der Waals surface area contributed by atoms with E-state index in [-0.39, 0.29) is 0 Å². The molecule has 66 valence electrons. The Hall–Kier alpha value is 0.650. The fourth-order valence-electron chi connectivity index (χ4n) is 1.42. The van der Waals surface area contributed by atoms with Gasteiger partial charge in [-0.25, -0.2) is 3.11 Å². The van der Waals surface area contributed by atoms with Gasteiger partial charge in [-0.15, -0.1) is 0 Å². The summed E-state index contributed by atoms with van der Waals surface area (Å²) in [5.41, 5.74) is 0. The second-order valence-electron chi connectivity index (χ2n) is 3.60. The lowest BCUT2D eigenvalue weighted by Crippen LogP contribution is -2.43. The van der Waals surface area contributed by atoms with Crippen LogP contribution in [-0.4, -0.2) is 40.7 Å². The number of nitrogens with zero attached hydrogens (tertiary/aromatic N) is 2. The SMILES string of the molecule is CC(C)CN1CCN(I)CC1. The molecule has 1 saturated heterocycles. The standard InChI is InChI=1S/C8H17IN2/c1-8(2)7-10-3-5-11(9)6-4-10/h8H,3-7H2,1-2H3. The lowest BCUT2D eigenvalue weighted by molar-refractivity contribution is 0.187. The van der Waals surface area contributed by atoms with Crippen LogP contribution >= 0.6 is 22.9 Å². The monoisotopic (exact) mass is 268 g/mol. The quantitative estimate of drug-likeness (QED) is 0.554. The van der Waals surface area contributed by atoms with E-state index in [9.17, 15) is 0 Å². The molecule has 0 saturated carbocycles. The van der Waals surface area contributed by atoms with E-state index in [1.807, 2.05) is 0 Å². The Morgan fingerprint density at radius 1 is 1.18 bits per heavy atom. The molecule has 0 unspecified atom stereocenters. The first-order valence-electron chi connectivity index (χ1n) is 4.31. The van der Waals surface area contributed by atoms with Gasteiger partial charge in [-0.2, -0.15) is 0 Å². The van der Waals surface area contributed by atoms with Crippen molar-refractivity contribution in [1.29, 1.82) is 0 Å². The molecule has 3 heteroatoms. The molecule has 1 rings (SSSR count). The van der Waals surface area contributed by atoms with E-state index in [4.69, 9.17) is 0 Å². The molecular weight excluding hydrogens is 251 g/mol. The molecule has 0 amide bonds. The van der Waals surface area contributed by atoms with Crippen molar-refractivity contribution in [3.8, 4) is 0 Å². The first-order valence-corrected chi connectivity index (χ1v) is 5.28.